The highest BCUT2D eigenvalue weighted by Crippen LogP contribution is 2.08. The predicted molar refractivity (Wildman–Crippen MR) is 92.2 cm³/mol. The fourth-order valence-electron chi connectivity index (χ4n) is 2.21. The number of benzene rings is 1. The number of nitrogens with zero attached hydrogens (tertiary/aromatic N) is 3. The van der Waals surface area contributed by atoms with E-state index in [1.165, 1.54) is 12.1 Å². The Morgan fingerprint density at radius 1 is 0.917 bits per heavy atom. The standard InChI is InChI=1S/C18H18FN5/c19-16-5-3-14(4-6-16)7-10-21-17-8-11-22-18(24-17)23-13-15-2-1-9-20-12-15/h1-6,8-9,11-12H,7,10,13H2,(H2,21,22,23,24). The van der Waals surface area contributed by atoms with Crippen LogP contribution in [0, 0.1) is 5.82 Å². The summed E-state index contributed by atoms with van der Waals surface area (Å²) in [6, 6.07) is 12.2. The van der Waals surface area contributed by atoms with E-state index in [0.717, 1.165) is 23.4 Å². The maximum atomic E-state index is 12.9. The van der Waals surface area contributed by atoms with Gasteiger partial charge in [0.25, 0.3) is 0 Å². The Morgan fingerprint density at radius 3 is 2.58 bits per heavy atom. The third kappa shape index (κ3) is 4.74. The Labute approximate surface area is 140 Å². The van der Waals surface area contributed by atoms with Gasteiger partial charge in [0.2, 0.25) is 5.95 Å². The van der Waals surface area contributed by atoms with E-state index in [1.807, 2.05) is 18.2 Å². The molecule has 0 fully saturated rings. The molecule has 2 heterocycles. The van der Waals surface area contributed by atoms with E-state index in [0.29, 0.717) is 19.0 Å². The molecule has 0 spiro atoms. The number of pyridine rings is 1. The second-order valence-corrected chi connectivity index (χ2v) is 5.28. The number of anilines is 2. The molecule has 0 saturated heterocycles. The van der Waals surface area contributed by atoms with Crippen molar-refractivity contribution in [2.24, 2.45) is 0 Å². The SMILES string of the molecule is Fc1ccc(CCNc2ccnc(NCc3cccnc3)n2)cc1. The first-order valence-electron chi connectivity index (χ1n) is 7.74. The third-order valence-corrected chi connectivity index (χ3v) is 3.46. The zero-order valence-electron chi connectivity index (χ0n) is 13.1. The number of rotatable bonds is 7. The molecule has 3 aromatic rings. The first-order valence-corrected chi connectivity index (χ1v) is 7.74. The van der Waals surface area contributed by atoms with Crippen LogP contribution >= 0.6 is 0 Å². The quantitative estimate of drug-likeness (QED) is 0.699. The average molecular weight is 323 g/mol. The van der Waals surface area contributed by atoms with Crippen LogP contribution in [0.25, 0.3) is 0 Å². The molecular formula is C18H18FN5. The summed E-state index contributed by atoms with van der Waals surface area (Å²) in [5, 5.41) is 6.42. The van der Waals surface area contributed by atoms with Gasteiger partial charge in [0, 0.05) is 31.7 Å². The van der Waals surface area contributed by atoms with Gasteiger partial charge in [0.05, 0.1) is 0 Å². The van der Waals surface area contributed by atoms with Crippen molar-refractivity contribution in [3.63, 3.8) is 0 Å². The van der Waals surface area contributed by atoms with Gasteiger partial charge in [-0.3, -0.25) is 4.98 Å². The number of hydrogen-bond donors (Lipinski definition) is 2. The fourth-order valence-corrected chi connectivity index (χ4v) is 2.21. The summed E-state index contributed by atoms with van der Waals surface area (Å²) in [5.74, 6) is 1.10. The van der Waals surface area contributed by atoms with Crippen molar-refractivity contribution >= 4 is 11.8 Å². The molecule has 0 aliphatic rings. The molecule has 0 amide bonds. The van der Waals surface area contributed by atoms with Crippen molar-refractivity contribution in [1.29, 1.82) is 0 Å². The van der Waals surface area contributed by atoms with Crippen LogP contribution in [-0.2, 0) is 13.0 Å². The van der Waals surface area contributed by atoms with Crippen LogP contribution in [0.1, 0.15) is 11.1 Å². The van der Waals surface area contributed by atoms with Crippen LogP contribution in [0.2, 0.25) is 0 Å². The molecule has 2 N–H and O–H groups in total. The topological polar surface area (TPSA) is 62.7 Å². The first kappa shape index (κ1) is 15.9. The third-order valence-electron chi connectivity index (χ3n) is 3.46. The molecule has 6 heteroatoms. The van der Waals surface area contributed by atoms with Crippen LogP contribution in [0.4, 0.5) is 16.2 Å². The average Bonchev–Trinajstić information content (AvgIpc) is 2.63. The van der Waals surface area contributed by atoms with Crippen LogP contribution < -0.4 is 10.6 Å². The zero-order chi connectivity index (χ0) is 16.6. The van der Waals surface area contributed by atoms with Gasteiger partial charge in [-0.05, 0) is 41.8 Å². The summed E-state index contributed by atoms with van der Waals surface area (Å²) in [6.07, 6.45) is 6.05. The molecule has 5 nitrogen and oxygen atoms in total. The number of nitrogens with one attached hydrogen (secondary N) is 2. The van der Waals surface area contributed by atoms with E-state index in [2.05, 4.69) is 25.6 Å². The molecule has 0 bridgehead atoms. The van der Waals surface area contributed by atoms with Gasteiger partial charge in [0.1, 0.15) is 11.6 Å². The van der Waals surface area contributed by atoms with Crippen LogP contribution in [0.3, 0.4) is 0 Å². The smallest absolute Gasteiger partial charge is 0.224 e. The van der Waals surface area contributed by atoms with Gasteiger partial charge in [-0.1, -0.05) is 18.2 Å². The molecule has 2 aromatic heterocycles. The Balaban J connectivity index is 1.50. The molecule has 122 valence electrons. The highest BCUT2D eigenvalue weighted by Gasteiger charge is 2.00. The monoisotopic (exact) mass is 323 g/mol. The lowest BCUT2D eigenvalue weighted by atomic mass is 10.1. The number of hydrogen-bond acceptors (Lipinski definition) is 5. The van der Waals surface area contributed by atoms with Crippen molar-refractivity contribution in [2.45, 2.75) is 13.0 Å². The van der Waals surface area contributed by atoms with E-state index in [4.69, 9.17) is 0 Å². The van der Waals surface area contributed by atoms with Crippen molar-refractivity contribution in [3.05, 3.63) is 78.0 Å². The van der Waals surface area contributed by atoms with E-state index in [-0.39, 0.29) is 5.82 Å². The Hall–Kier alpha value is -3.02. The minimum absolute atomic E-state index is 0.216. The van der Waals surface area contributed by atoms with E-state index < -0.39 is 0 Å². The summed E-state index contributed by atoms with van der Waals surface area (Å²) in [6.45, 7) is 1.33. The van der Waals surface area contributed by atoms with Gasteiger partial charge in [0.15, 0.2) is 0 Å². The second kappa shape index (κ2) is 8.01. The van der Waals surface area contributed by atoms with Gasteiger partial charge in [-0.2, -0.15) is 4.98 Å². The molecule has 3 rings (SSSR count). The number of aromatic nitrogens is 3. The predicted octanol–water partition coefficient (Wildman–Crippen LogP) is 3.28. The van der Waals surface area contributed by atoms with Crippen LogP contribution in [0.15, 0.2) is 61.1 Å². The molecule has 24 heavy (non-hydrogen) atoms. The molecule has 0 aliphatic carbocycles. The molecule has 0 radical (unpaired) electrons. The van der Waals surface area contributed by atoms with Crippen molar-refractivity contribution in [2.75, 3.05) is 17.2 Å². The molecular weight excluding hydrogens is 305 g/mol. The van der Waals surface area contributed by atoms with Crippen molar-refractivity contribution < 1.29 is 4.39 Å². The van der Waals surface area contributed by atoms with Gasteiger partial charge in [-0.25, -0.2) is 9.37 Å². The molecule has 1 aromatic carbocycles. The van der Waals surface area contributed by atoms with E-state index in [9.17, 15) is 4.39 Å². The highest BCUT2D eigenvalue weighted by atomic mass is 19.1. The molecule has 0 saturated carbocycles. The molecule has 0 unspecified atom stereocenters. The summed E-state index contributed by atoms with van der Waals surface area (Å²) in [5.41, 5.74) is 2.14. The lowest BCUT2D eigenvalue weighted by Gasteiger charge is -2.08. The molecule has 0 atom stereocenters. The minimum atomic E-state index is -0.216. The van der Waals surface area contributed by atoms with Crippen molar-refractivity contribution in [1.82, 2.24) is 15.0 Å². The fraction of sp³-hybridized carbons (Fsp3) is 0.167. The van der Waals surface area contributed by atoms with E-state index in [1.54, 1.807) is 30.7 Å². The maximum absolute atomic E-state index is 12.9. The van der Waals surface area contributed by atoms with Gasteiger partial charge in [-0.15, -0.1) is 0 Å². The lowest BCUT2D eigenvalue weighted by Crippen LogP contribution is -2.09. The van der Waals surface area contributed by atoms with Crippen LogP contribution in [0.5, 0.6) is 0 Å². The Bertz CT molecular complexity index is 762. The zero-order valence-corrected chi connectivity index (χ0v) is 13.1. The highest BCUT2D eigenvalue weighted by molar-refractivity contribution is 5.40. The summed E-state index contributed by atoms with van der Waals surface area (Å²) >= 11 is 0. The lowest BCUT2D eigenvalue weighted by molar-refractivity contribution is 0.627. The largest absolute Gasteiger partial charge is 0.370 e. The number of halogens is 1. The summed E-state index contributed by atoms with van der Waals surface area (Å²) < 4.78 is 12.9. The van der Waals surface area contributed by atoms with Gasteiger partial charge >= 0.3 is 0 Å². The van der Waals surface area contributed by atoms with Crippen LogP contribution in [-0.4, -0.2) is 21.5 Å². The van der Waals surface area contributed by atoms with Gasteiger partial charge < -0.3 is 10.6 Å². The first-order chi connectivity index (χ1) is 11.8. The van der Waals surface area contributed by atoms with Crippen molar-refractivity contribution in [3.8, 4) is 0 Å². The maximum Gasteiger partial charge on any atom is 0.224 e. The normalized spacial score (nSPS) is 10.4. The minimum Gasteiger partial charge on any atom is -0.370 e. The summed E-state index contributed by atoms with van der Waals surface area (Å²) in [7, 11) is 0. The Kier molecular flexibility index (Phi) is 5.29. The molecule has 0 aliphatic heterocycles. The second-order valence-electron chi connectivity index (χ2n) is 5.28. The van der Waals surface area contributed by atoms with E-state index >= 15 is 0 Å². The Morgan fingerprint density at radius 2 is 1.79 bits per heavy atom. The summed E-state index contributed by atoms with van der Waals surface area (Å²) in [4.78, 5) is 12.7.